The maximum Gasteiger partial charge on any atom is 0.187 e. The number of benzene rings is 2. The molecule has 2 aromatic carbocycles. The number of hydrogen-bond donors (Lipinski definition) is 0. The third-order valence-corrected chi connectivity index (χ3v) is 4.50. The number of hydrogen-bond acceptors (Lipinski definition) is 3. The van der Waals surface area contributed by atoms with Gasteiger partial charge in [0.2, 0.25) is 0 Å². The Morgan fingerprint density at radius 2 is 1.79 bits per heavy atom. The first kappa shape index (κ1) is 14.8. The fraction of sp³-hybridized carbons (Fsp3) is 0.190. The maximum absolute atomic E-state index is 12.4. The average molecular weight is 317 g/mol. The summed E-state index contributed by atoms with van der Waals surface area (Å²) in [5.41, 5.74) is 3.66. The van der Waals surface area contributed by atoms with Crippen molar-refractivity contribution in [2.24, 2.45) is 0 Å². The molecular formula is C21H19NO2. The Bertz CT molecular complexity index is 934. The molecule has 24 heavy (non-hydrogen) atoms. The Balaban J connectivity index is 1.94. The molecular weight excluding hydrogens is 298 g/mol. The molecule has 0 aliphatic carbocycles. The predicted octanol–water partition coefficient (Wildman–Crippen LogP) is 4.40. The number of carbonyl (C=O) groups excluding carboxylic acids is 1. The van der Waals surface area contributed by atoms with Gasteiger partial charge in [0, 0.05) is 17.3 Å². The molecule has 2 aliphatic rings. The molecule has 0 atom stereocenters. The molecule has 0 saturated carbocycles. The zero-order valence-corrected chi connectivity index (χ0v) is 13.9. The minimum atomic E-state index is 0.124. The van der Waals surface area contributed by atoms with E-state index in [1.54, 1.807) is 0 Å². The van der Waals surface area contributed by atoms with Crippen molar-refractivity contribution in [3.05, 3.63) is 71.5 Å². The van der Waals surface area contributed by atoms with Crippen LogP contribution in [0.4, 0.5) is 5.69 Å². The van der Waals surface area contributed by atoms with E-state index in [2.05, 4.69) is 29.2 Å². The standard InChI is InChI=1S/C21H19NO2/c1-14-7-8-18-12-22(11-15(2)21(18)23)19-9-16-5-3-4-6-17(16)10-20(19)24-13-14/h3-11H,12-13H2,1-2H3/b14-7-,18-8+. The van der Waals surface area contributed by atoms with Crippen molar-refractivity contribution in [1.29, 1.82) is 0 Å². The molecule has 0 saturated heterocycles. The normalized spacial score (nSPS) is 21.8. The van der Waals surface area contributed by atoms with Crippen molar-refractivity contribution < 1.29 is 9.53 Å². The second-order valence-electron chi connectivity index (χ2n) is 6.43. The number of ketones is 1. The second kappa shape index (κ2) is 5.68. The van der Waals surface area contributed by atoms with E-state index in [0.29, 0.717) is 13.2 Å². The van der Waals surface area contributed by atoms with Crippen LogP contribution in [0.2, 0.25) is 0 Å². The van der Waals surface area contributed by atoms with E-state index in [-0.39, 0.29) is 5.78 Å². The molecule has 0 amide bonds. The SMILES string of the molecule is CC1=CN2C/C(=C\C=C(\C)COc3cc4ccccc4cc32)C1=O. The lowest BCUT2D eigenvalue weighted by atomic mass is 9.99. The van der Waals surface area contributed by atoms with Crippen molar-refractivity contribution in [1.82, 2.24) is 0 Å². The number of rotatable bonds is 0. The van der Waals surface area contributed by atoms with Gasteiger partial charge in [0.1, 0.15) is 12.4 Å². The first-order chi connectivity index (χ1) is 11.6. The van der Waals surface area contributed by atoms with E-state index in [1.807, 2.05) is 44.3 Å². The second-order valence-corrected chi connectivity index (χ2v) is 6.43. The molecule has 3 nitrogen and oxygen atoms in total. The van der Waals surface area contributed by atoms with Crippen molar-refractivity contribution in [3.8, 4) is 5.75 Å². The predicted molar refractivity (Wildman–Crippen MR) is 97.4 cm³/mol. The van der Waals surface area contributed by atoms with Gasteiger partial charge in [-0.05, 0) is 42.3 Å². The minimum absolute atomic E-state index is 0.124. The van der Waals surface area contributed by atoms with Gasteiger partial charge in [0.05, 0.1) is 12.2 Å². The lowest BCUT2D eigenvalue weighted by Crippen LogP contribution is -2.30. The molecule has 0 N–H and O–H groups in total. The number of ether oxygens (including phenoxy) is 1. The highest BCUT2D eigenvalue weighted by Crippen LogP contribution is 2.36. The molecule has 2 bridgehead atoms. The van der Waals surface area contributed by atoms with E-state index in [9.17, 15) is 4.79 Å². The number of fused-ring (bicyclic) bond motifs is 5. The number of anilines is 1. The van der Waals surface area contributed by atoms with E-state index < -0.39 is 0 Å². The Morgan fingerprint density at radius 3 is 2.58 bits per heavy atom. The van der Waals surface area contributed by atoms with Crippen LogP contribution in [0.1, 0.15) is 13.8 Å². The van der Waals surface area contributed by atoms with Gasteiger partial charge in [-0.2, -0.15) is 0 Å². The molecule has 2 heterocycles. The molecule has 0 unspecified atom stereocenters. The van der Waals surface area contributed by atoms with Crippen LogP contribution in [0.15, 0.2) is 71.5 Å². The Morgan fingerprint density at radius 1 is 1.04 bits per heavy atom. The lowest BCUT2D eigenvalue weighted by molar-refractivity contribution is -0.112. The van der Waals surface area contributed by atoms with E-state index in [4.69, 9.17) is 4.74 Å². The number of nitrogens with zero attached hydrogens (tertiary/aromatic N) is 1. The molecule has 0 aromatic heterocycles. The van der Waals surface area contributed by atoms with Gasteiger partial charge in [-0.3, -0.25) is 4.79 Å². The highest BCUT2D eigenvalue weighted by Gasteiger charge is 2.24. The van der Waals surface area contributed by atoms with Gasteiger partial charge >= 0.3 is 0 Å². The highest BCUT2D eigenvalue weighted by atomic mass is 16.5. The quantitative estimate of drug-likeness (QED) is 0.721. The summed E-state index contributed by atoms with van der Waals surface area (Å²) in [6.45, 7) is 4.97. The zero-order chi connectivity index (χ0) is 16.7. The summed E-state index contributed by atoms with van der Waals surface area (Å²) in [5, 5.41) is 2.32. The fourth-order valence-electron chi connectivity index (χ4n) is 3.16. The summed E-state index contributed by atoms with van der Waals surface area (Å²) < 4.78 is 6.08. The van der Waals surface area contributed by atoms with Crippen LogP contribution in [0.25, 0.3) is 10.8 Å². The fourth-order valence-corrected chi connectivity index (χ4v) is 3.16. The Labute approximate surface area is 141 Å². The first-order valence-corrected chi connectivity index (χ1v) is 8.13. The van der Waals surface area contributed by atoms with Crippen LogP contribution >= 0.6 is 0 Å². The minimum Gasteiger partial charge on any atom is -0.487 e. The summed E-state index contributed by atoms with van der Waals surface area (Å²) in [7, 11) is 0. The van der Waals surface area contributed by atoms with Crippen molar-refractivity contribution >= 4 is 22.2 Å². The van der Waals surface area contributed by atoms with Gasteiger partial charge in [0.25, 0.3) is 0 Å². The smallest absolute Gasteiger partial charge is 0.187 e. The molecule has 0 spiro atoms. The number of Topliss-reactive ketones (excluding diaryl/α,β-unsaturated/α-hetero) is 1. The van der Waals surface area contributed by atoms with Crippen LogP contribution in [-0.4, -0.2) is 18.9 Å². The monoisotopic (exact) mass is 317 g/mol. The van der Waals surface area contributed by atoms with E-state index in [1.165, 1.54) is 0 Å². The molecule has 0 fully saturated rings. The van der Waals surface area contributed by atoms with Crippen LogP contribution < -0.4 is 9.64 Å². The van der Waals surface area contributed by atoms with Gasteiger partial charge in [-0.15, -0.1) is 0 Å². The topological polar surface area (TPSA) is 29.5 Å². The van der Waals surface area contributed by atoms with Gasteiger partial charge in [0.15, 0.2) is 5.78 Å². The summed E-state index contributed by atoms with van der Waals surface area (Å²) >= 11 is 0. The van der Waals surface area contributed by atoms with Crippen LogP contribution in [0, 0.1) is 0 Å². The van der Waals surface area contributed by atoms with Gasteiger partial charge < -0.3 is 9.64 Å². The maximum atomic E-state index is 12.4. The van der Waals surface area contributed by atoms with Gasteiger partial charge in [-0.25, -0.2) is 0 Å². The van der Waals surface area contributed by atoms with Gasteiger partial charge in [-0.1, -0.05) is 36.4 Å². The number of allylic oxidation sites excluding steroid dienone is 3. The summed E-state index contributed by atoms with van der Waals surface area (Å²) in [6.07, 6.45) is 5.83. The highest BCUT2D eigenvalue weighted by molar-refractivity contribution is 6.10. The van der Waals surface area contributed by atoms with Crippen molar-refractivity contribution in [3.63, 3.8) is 0 Å². The van der Waals surface area contributed by atoms with Crippen molar-refractivity contribution in [2.45, 2.75) is 13.8 Å². The van der Waals surface area contributed by atoms with E-state index in [0.717, 1.165) is 38.9 Å². The molecule has 0 radical (unpaired) electrons. The summed E-state index contributed by atoms with van der Waals surface area (Å²) in [4.78, 5) is 14.5. The molecule has 3 heteroatoms. The summed E-state index contributed by atoms with van der Waals surface area (Å²) in [6, 6.07) is 12.5. The zero-order valence-electron chi connectivity index (χ0n) is 13.9. The summed E-state index contributed by atoms with van der Waals surface area (Å²) in [5.74, 6) is 0.972. The number of carbonyl (C=O) groups is 1. The Kier molecular flexibility index (Phi) is 3.49. The van der Waals surface area contributed by atoms with Crippen LogP contribution in [0.5, 0.6) is 5.75 Å². The van der Waals surface area contributed by atoms with Crippen LogP contribution in [-0.2, 0) is 4.79 Å². The third kappa shape index (κ3) is 2.52. The van der Waals surface area contributed by atoms with Crippen molar-refractivity contribution in [2.75, 3.05) is 18.1 Å². The van der Waals surface area contributed by atoms with Crippen LogP contribution in [0.3, 0.4) is 0 Å². The lowest BCUT2D eigenvalue weighted by Gasteiger charge is -2.29. The third-order valence-electron chi connectivity index (χ3n) is 4.50. The van der Waals surface area contributed by atoms with E-state index >= 15 is 0 Å². The average Bonchev–Trinajstić information content (AvgIpc) is 2.59. The largest absolute Gasteiger partial charge is 0.487 e. The Hall–Kier alpha value is -2.81. The molecule has 2 aliphatic heterocycles. The molecule has 120 valence electrons. The molecule has 4 rings (SSSR count). The first-order valence-electron chi connectivity index (χ1n) is 8.13. The molecule has 2 aromatic rings.